The van der Waals surface area contributed by atoms with Gasteiger partial charge in [-0.15, -0.1) is 5.10 Å². The quantitative estimate of drug-likeness (QED) is 0.761. The highest BCUT2D eigenvalue weighted by Crippen LogP contribution is 2.18. The summed E-state index contributed by atoms with van der Waals surface area (Å²) < 4.78 is 1.61. The minimum atomic E-state index is 0.344. The summed E-state index contributed by atoms with van der Waals surface area (Å²) in [4.78, 5) is 12.8. The first-order valence-corrected chi connectivity index (χ1v) is 5.28. The standard InChI is InChI=1S/C10H12ClN5/c1-5-6(2)13-10(9(11)12-5)16-8(4)14-7(3)15-16/h1-4H3. The lowest BCUT2D eigenvalue weighted by molar-refractivity contribution is 0.787. The number of aromatic nitrogens is 5. The van der Waals surface area contributed by atoms with Crippen LogP contribution in [0.5, 0.6) is 0 Å². The van der Waals surface area contributed by atoms with Crippen LogP contribution in [0, 0.1) is 27.7 Å². The van der Waals surface area contributed by atoms with E-state index in [0.717, 1.165) is 17.2 Å². The summed E-state index contributed by atoms with van der Waals surface area (Å²) in [5, 5.41) is 4.57. The molecule has 0 N–H and O–H groups in total. The van der Waals surface area contributed by atoms with Crippen LogP contribution < -0.4 is 0 Å². The lowest BCUT2D eigenvalue weighted by atomic mass is 10.3. The second-order valence-electron chi connectivity index (χ2n) is 3.63. The van der Waals surface area contributed by atoms with Gasteiger partial charge in [0.15, 0.2) is 11.0 Å². The summed E-state index contributed by atoms with van der Waals surface area (Å²) in [6, 6.07) is 0. The van der Waals surface area contributed by atoms with Crippen molar-refractivity contribution in [2.75, 3.05) is 0 Å². The molecule has 0 aliphatic heterocycles. The van der Waals surface area contributed by atoms with E-state index < -0.39 is 0 Å². The molecule has 2 aromatic rings. The van der Waals surface area contributed by atoms with Gasteiger partial charge in [-0.25, -0.2) is 15.0 Å². The molecule has 0 unspecified atom stereocenters. The SMILES string of the molecule is Cc1nc(C)n(-c2nc(C)c(C)nc2Cl)n1. The van der Waals surface area contributed by atoms with Crippen LogP contribution in [-0.4, -0.2) is 24.7 Å². The maximum atomic E-state index is 6.06. The molecule has 0 bridgehead atoms. The van der Waals surface area contributed by atoms with Crippen LogP contribution >= 0.6 is 11.6 Å². The second kappa shape index (κ2) is 3.83. The largest absolute Gasteiger partial charge is 0.236 e. The molecule has 0 saturated carbocycles. The van der Waals surface area contributed by atoms with Gasteiger partial charge in [0, 0.05) is 0 Å². The minimum absolute atomic E-state index is 0.344. The zero-order chi connectivity index (χ0) is 11.9. The summed E-state index contributed by atoms with van der Waals surface area (Å²) in [7, 11) is 0. The topological polar surface area (TPSA) is 56.5 Å². The molecule has 84 valence electrons. The number of aryl methyl sites for hydroxylation is 4. The maximum Gasteiger partial charge on any atom is 0.193 e. The second-order valence-corrected chi connectivity index (χ2v) is 3.98. The van der Waals surface area contributed by atoms with Crippen LogP contribution in [0.1, 0.15) is 23.0 Å². The molecule has 2 heterocycles. The van der Waals surface area contributed by atoms with Crippen LogP contribution in [-0.2, 0) is 0 Å². The molecule has 0 spiro atoms. The number of nitrogens with zero attached hydrogens (tertiary/aromatic N) is 5. The van der Waals surface area contributed by atoms with Crippen molar-refractivity contribution in [3.05, 3.63) is 28.2 Å². The van der Waals surface area contributed by atoms with Crippen molar-refractivity contribution in [3.8, 4) is 5.82 Å². The Morgan fingerprint density at radius 1 is 0.938 bits per heavy atom. The van der Waals surface area contributed by atoms with Crippen molar-refractivity contribution < 1.29 is 0 Å². The highest BCUT2D eigenvalue weighted by molar-refractivity contribution is 6.30. The maximum absolute atomic E-state index is 6.06. The summed E-state index contributed by atoms with van der Waals surface area (Å²) in [5.41, 5.74) is 1.66. The minimum Gasteiger partial charge on any atom is -0.236 e. The van der Waals surface area contributed by atoms with Gasteiger partial charge in [-0.3, -0.25) is 0 Å². The molecule has 2 aromatic heterocycles. The van der Waals surface area contributed by atoms with E-state index in [1.807, 2.05) is 27.7 Å². The predicted molar refractivity (Wildman–Crippen MR) is 60.9 cm³/mol. The van der Waals surface area contributed by atoms with Crippen LogP contribution in [0.25, 0.3) is 5.82 Å². The van der Waals surface area contributed by atoms with E-state index in [-0.39, 0.29) is 0 Å². The van der Waals surface area contributed by atoms with Crippen LogP contribution in [0.15, 0.2) is 0 Å². The van der Waals surface area contributed by atoms with Crippen molar-refractivity contribution in [1.82, 2.24) is 24.7 Å². The van der Waals surface area contributed by atoms with Gasteiger partial charge in [0.05, 0.1) is 11.4 Å². The Bertz CT molecular complexity index is 546. The zero-order valence-electron chi connectivity index (χ0n) is 9.61. The van der Waals surface area contributed by atoms with Crippen LogP contribution in [0.2, 0.25) is 5.15 Å². The van der Waals surface area contributed by atoms with Crippen LogP contribution in [0.3, 0.4) is 0 Å². The van der Waals surface area contributed by atoms with Crippen molar-refractivity contribution >= 4 is 11.6 Å². The van der Waals surface area contributed by atoms with Gasteiger partial charge in [-0.1, -0.05) is 11.6 Å². The normalized spacial score (nSPS) is 10.8. The molecule has 0 amide bonds. The Labute approximate surface area is 98.5 Å². The summed E-state index contributed by atoms with van der Waals surface area (Å²) in [6.45, 7) is 7.44. The van der Waals surface area contributed by atoms with Gasteiger partial charge in [0.25, 0.3) is 0 Å². The van der Waals surface area contributed by atoms with Gasteiger partial charge in [0.2, 0.25) is 0 Å². The van der Waals surface area contributed by atoms with E-state index in [1.54, 1.807) is 4.68 Å². The Balaban J connectivity index is 2.64. The van der Waals surface area contributed by atoms with Gasteiger partial charge < -0.3 is 0 Å². The van der Waals surface area contributed by atoms with E-state index in [0.29, 0.717) is 16.8 Å². The van der Waals surface area contributed by atoms with Crippen molar-refractivity contribution in [1.29, 1.82) is 0 Å². The van der Waals surface area contributed by atoms with E-state index in [9.17, 15) is 0 Å². The molecule has 6 heteroatoms. The Hall–Kier alpha value is -1.49. The van der Waals surface area contributed by atoms with E-state index >= 15 is 0 Å². The van der Waals surface area contributed by atoms with Crippen molar-refractivity contribution in [2.24, 2.45) is 0 Å². The Morgan fingerprint density at radius 2 is 1.56 bits per heavy atom. The number of hydrogen-bond acceptors (Lipinski definition) is 4. The first-order valence-electron chi connectivity index (χ1n) is 4.90. The number of halogens is 1. The highest BCUT2D eigenvalue weighted by Gasteiger charge is 2.13. The zero-order valence-corrected chi connectivity index (χ0v) is 10.4. The molecule has 0 aliphatic rings. The van der Waals surface area contributed by atoms with Crippen molar-refractivity contribution in [2.45, 2.75) is 27.7 Å². The average molecular weight is 238 g/mol. The highest BCUT2D eigenvalue weighted by atomic mass is 35.5. The number of hydrogen-bond donors (Lipinski definition) is 0. The van der Waals surface area contributed by atoms with E-state index in [4.69, 9.17) is 11.6 Å². The fourth-order valence-corrected chi connectivity index (χ4v) is 1.67. The van der Waals surface area contributed by atoms with Gasteiger partial charge in [0.1, 0.15) is 11.6 Å². The smallest absolute Gasteiger partial charge is 0.193 e. The molecule has 5 nitrogen and oxygen atoms in total. The summed E-state index contributed by atoms with van der Waals surface area (Å²) in [5.74, 6) is 1.97. The molecule has 0 aromatic carbocycles. The lowest BCUT2D eigenvalue weighted by Gasteiger charge is -2.06. The molecule has 0 aliphatic carbocycles. The fourth-order valence-electron chi connectivity index (χ4n) is 1.42. The molecule has 16 heavy (non-hydrogen) atoms. The molecular formula is C10H12ClN5. The molecule has 0 atom stereocenters. The Kier molecular flexibility index (Phi) is 2.63. The molecular weight excluding hydrogens is 226 g/mol. The monoisotopic (exact) mass is 237 g/mol. The predicted octanol–water partition coefficient (Wildman–Crippen LogP) is 1.94. The Morgan fingerprint density at radius 3 is 2.12 bits per heavy atom. The van der Waals surface area contributed by atoms with E-state index in [2.05, 4.69) is 20.1 Å². The van der Waals surface area contributed by atoms with E-state index in [1.165, 1.54) is 0 Å². The third-order valence-corrected chi connectivity index (χ3v) is 2.58. The third kappa shape index (κ3) is 1.78. The fraction of sp³-hybridized carbons (Fsp3) is 0.400. The van der Waals surface area contributed by atoms with Crippen LogP contribution in [0.4, 0.5) is 0 Å². The third-order valence-electron chi connectivity index (χ3n) is 2.32. The summed E-state index contributed by atoms with van der Waals surface area (Å²) >= 11 is 6.06. The first kappa shape index (κ1) is 11.0. The summed E-state index contributed by atoms with van der Waals surface area (Å²) in [6.07, 6.45) is 0. The molecule has 0 radical (unpaired) electrons. The van der Waals surface area contributed by atoms with Gasteiger partial charge in [-0.2, -0.15) is 4.68 Å². The van der Waals surface area contributed by atoms with Gasteiger partial charge in [-0.05, 0) is 27.7 Å². The molecule has 0 saturated heterocycles. The first-order chi connectivity index (χ1) is 7.49. The average Bonchev–Trinajstić information content (AvgIpc) is 2.51. The molecule has 0 fully saturated rings. The number of rotatable bonds is 1. The van der Waals surface area contributed by atoms with Gasteiger partial charge >= 0.3 is 0 Å². The molecule has 2 rings (SSSR count). The van der Waals surface area contributed by atoms with Crippen molar-refractivity contribution in [3.63, 3.8) is 0 Å². The lowest BCUT2D eigenvalue weighted by Crippen LogP contribution is -2.07.